The lowest BCUT2D eigenvalue weighted by Gasteiger charge is -2.38. The predicted molar refractivity (Wildman–Crippen MR) is 108 cm³/mol. The fourth-order valence-corrected chi connectivity index (χ4v) is 6.44. The van der Waals surface area contributed by atoms with Crippen LogP contribution in [-0.4, -0.2) is 60.2 Å². The van der Waals surface area contributed by atoms with Gasteiger partial charge in [0.2, 0.25) is 0 Å². The van der Waals surface area contributed by atoms with E-state index >= 15 is 0 Å². The summed E-state index contributed by atoms with van der Waals surface area (Å²) in [5.41, 5.74) is 4.89. The maximum atomic E-state index is 12.6. The summed E-state index contributed by atoms with van der Waals surface area (Å²) in [4.78, 5) is 26.7. The minimum absolute atomic E-state index is 0.0305. The van der Waals surface area contributed by atoms with Gasteiger partial charge in [0, 0.05) is 12.5 Å². The molecule has 5 rings (SSSR count). The zero-order valence-corrected chi connectivity index (χ0v) is 16.6. The van der Waals surface area contributed by atoms with Crippen LogP contribution in [0.5, 0.6) is 0 Å². The number of ether oxygens (including phenoxy) is 2. The Labute approximate surface area is 168 Å². The molecule has 5 nitrogen and oxygen atoms in total. The topological polar surface area (TPSA) is 55.8 Å². The standard InChI is InChI=1S/C22H21NO4S/c1-26-21(25)23-12-22(28-2,20-19(23)17(24)11-27-20)18-15-9-5-3-7-13(15)14-8-4-6-10-16(14)18/h3-10,18-20H,11-12H2,1-2H3/t19-,20+,22-/m1/s1. The number of methoxy groups -OCH3 is 1. The first-order valence-electron chi connectivity index (χ1n) is 9.34. The number of nitrogens with zero attached hydrogens (tertiary/aromatic N) is 1. The van der Waals surface area contributed by atoms with Crippen LogP contribution >= 0.6 is 11.8 Å². The Morgan fingerprint density at radius 1 is 1.14 bits per heavy atom. The van der Waals surface area contributed by atoms with Gasteiger partial charge in [-0.25, -0.2) is 4.79 Å². The molecule has 0 radical (unpaired) electrons. The number of hydrogen-bond acceptors (Lipinski definition) is 5. The number of Topliss-reactive ketones (excluding diaryl/α,β-unsaturated/α-hetero) is 1. The zero-order valence-electron chi connectivity index (χ0n) is 15.8. The molecule has 144 valence electrons. The van der Waals surface area contributed by atoms with E-state index in [9.17, 15) is 9.59 Å². The van der Waals surface area contributed by atoms with E-state index in [-0.39, 0.29) is 24.4 Å². The van der Waals surface area contributed by atoms with Crippen LogP contribution in [-0.2, 0) is 14.3 Å². The summed E-state index contributed by atoms with van der Waals surface area (Å²) in [5, 5.41) is 0. The first kappa shape index (κ1) is 17.8. The number of ketones is 1. The van der Waals surface area contributed by atoms with Crippen LogP contribution in [0.1, 0.15) is 17.0 Å². The van der Waals surface area contributed by atoms with E-state index < -0.39 is 16.9 Å². The molecule has 2 aromatic carbocycles. The molecule has 2 saturated heterocycles. The second-order valence-corrected chi connectivity index (χ2v) is 8.68. The third kappa shape index (κ3) is 2.19. The molecule has 0 spiro atoms. The Morgan fingerprint density at radius 3 is 2.32 bits per heavy atom. The Balaban J connectivity index is 1.71. The number of carbonyl (C=O) groups excluding carboxylic acids is 2. The molecule has 28 heavy (non-hydrogen) atoms. The molecule has 0 saturated carbocycles. The molecular weight excluding hydrogens is 374 g/mol. The van der Waals surface area contributed by atoms with E-state index in [4.69, 9.17) is 9.47 Å². The summed E-state index contributed by atoms with van der Waals surface area (Å²) in [6, 6.07) is 16.2. The molecule has 0 bridgehead atoms. The number of likely N-dealkylation sites (tertiary alicyclic amines) is 1. The van der Waals surface area contributed by atoms with Crippen molar-refractivity contribution < 1.29 is 19.1 Å². The van der Waals surface area contributed by atoms with Crippen LogP contribution in [0.2, 0.25) is 0 Å². The SMILES string of the molecule is COC(=O)N1C[C@@](SC)(C2c3ccccc3-c3ccccc32)[C@H]2OCC(=O)[C@H]21. The first-order chi connectivity index (χ1) is 13.6. The van der Waals surface area contributed by atoms with Crippen LogP contribution in [0.4, 0.5) is 4.79 Å². The lowest BCUT2D eigenvalue weighted by Crippen LogP contribution is -2.45. The molecule has 0 unspecified atom stereocenters. The fraction of sp³-hybridized carbons (Fsp3) is 0.364. The van der Waals surface area contributed by atoms with E-state index in [0.717, 1.165) is 0 Å². The summed E-state index contributed by atoms with van der Waals surface area (Å²) >= 11 is 1.69. The van der Waals surface area contributed by atoms with Gasteiger partial charge in [0.15, 0.2) is 5.78 Å². The Bertz CT molecular complexity index is 931. The largest absolute Gasteiger partial charge is 0.453 e. The number of hydrogen-bond donors (Lipinski definition) is 0. The monoisotopic (exact) mass is 395 g/mol. The van der Waals surface area contributed by atoms with Crippen molar-refractivity contribution in [2.75, 3.05) is 26.5 Å². The fourth-order valence-electron chi connectivity index (χ4n) is 5.25. The van der Waals surface area contributed by atoms with Gasteiger partial charge in [0.25, 0.3) is 0 Å². The molecule has 1 amide bonds. The molecule has 3 aliphatic rings. The third-order valence-electron chi connectivity index (χ3n) is 6.37. The molecule has 0 aromatic heterocycles. The average molecular weight is 395 g/mol. The van der Waals surface area contributed by atoms with Gasteiger partial charge >= 0.3 is 6.09 Å². The number of thioether (sulfide) groups is 1. The van der Waals surface area contributed by atoms with E-state index in [1.807, 2.05) is 6.26 Å². The van der Waals surface area contributed by atoms with Crippen molar-refractivity contribution in [3.8, 4) is 11.1 Å². The van der Waals surface area contributed by atoms with Crippen molar-refractivity contribution in [1.82, 2.24) is 4.90 Å². The number of fused-ring (bicyclic) bond motifs is 4. The third-order valence-corrected chi connectivity index (χ3v) is 7.73. The van der Waals surface area contributed by atoms with Crippen molar-refractivity contribution >= 4 is 23.6 Å². The van der Waals surface area contributed by atoms with E-state index in [1.54, 1.807) is 16.7 Å². The van der Waals surface area contributed by atoms with Crippen LogP contribution in [0, 0.1) is 0 Å². The van der Waals surface area contributed by atoms with Gasteiger partial charge in [0.05, 0.1) is 11.9 Å². The molecule has 6 heteroatoms. The van der Waals surface area contributed by atoms with Gasteiger partial charge in [-0.2, -0.15) is 11.8 Å². The molecule has 2 aromatic rings. The molecule has 3 atom stereocenters. The van der Waals surface area contributed by atoms with Crippen LogP contribution in [0.25, 0.3) is 11.1 Å². The predicted octanol–water partition coefficient (Wildman–Crippen LogP) is 3.32. The van der Waals surface area contributed by atoms with E-state index in [1.165, 1.54) is 29.4 Å². The Hall–Kier alpha value is -2.31. The smallest absolute Gasteiger partial charge is 0.410 e. The van der Waals surface area contributed by atoms with Crippen LogP contribution in [0.15, 0.2) is 48.5 Å². The van der Waals surface area contributed by atoms with E-state index in [2.05, 4.69) is 48.5 Å². The van der Waals surface area contributed by atoms with E-state index in [0.29, 0.717) is 6.54 Å². The lowest BCUT2D eigenvalue weighted by molar-refractivity contribution is -0.121. The highest BCUT2D eigenvalue weighted by atomic mass is 32.2. The van der Waals surface area contributed by atoms with Gasteiger partial charge < -0.3 is 9.47 Å². The Morgan fingerprint density at radius 2 is 1.75 bits per heavy atom. The highest BCUT2D eigenvalue weighted by Gasteiger charge is 2.64. The lowest BCUT2D eigenvalue weighted by atomic mass is 9.80. The number of carbonyl (C=O) groups is 2. The quantitative estimate of drug-likeness (QED) is 0.781. The molecular formula is C22H21NO4S. The summed E-state index contributed by atoms with van der Waals surface area (Å²) in [7, 11) is 1.36. The average Bonchev–Trinajstić information content (AvgIpc) is 3.38. The zero-order chi connectivity index (χ0) is 19.5. The second kappa shape index (κ2) is 6.36. The van der Waals surface area contributed by atoms with Crippen LogP contribution < -0.4 is 0 Å². The van der Waals surface area contributed by atoms with Gasteiger partial charge in [-0.05, 0) is 28.5 Å². The van der Waals surface area contributed by atoms with Crippen molar-refractivity contribution in [3.63, 3.8) is 0 Å². The summed E-state index contributed by atoms with van der Waals surface area (Å²) in [6.45, 7) is 0.455. The number of benzene rings is 2. The summed E-state index contributed by atoms with van der Waals surface area (Å²) < 4.78 is 10.6. The van der Waals surface area contributed by atoms with Crippen molar-refractivity contribution in [3.05, 3.63) is 59.7 Å². The highest BCUT2D eigenvalue weighted by molar-refractivity contribution is 8.00. The molecule has 0 N–H and O–H groups in total. The molecule has 2 heterocycles. The summed E-state index contributed by atoms with van der Waals surface area (Å²) in [5.74, 6) is -0.0196. The number of rotatable bonds is 2. The van der Waals surface area contributed by atoms with Gasteiger partial charge in [-0.1, -0.05) is 48.5 Å². The molecule has 2 fully saturated rings. The second-order valence-electron chi connectivity index (χ2n) is 7.51. The van der Waals surface area contributed by atoms with Crippen molar-refractivity contribution in [2.45, 2.75) is 22.8 Å². The maximum absolute atomic E-state index is 12.6. The van der Waals surface area contributed by atoms with Gasteiger partial charge in [-0.15, -0.1) is 0 Å². The normalized spacial score (nSPS) is 28.2. The van der Waals surface area contributed by atoms with Crippen LogP contribution in [0.3, 0.4) is 0 Å². The minimum Gasteiger partial charge on any atom is -0.453 e. The van der Waals surface area contributed by atoms with Gasteiger partial charge in [0.1, 0.15) is 18.8 Å². The van der Waals surface area contributed by atoms with Crippen molar-refractivity contribution in [2.24, 2.45) is 0 Å². The van der Waals surface area contributed by atoms with Crippen molar-refractivity contribution in [1.29, 1.82) is 0 Å². The maximum Gasteiger partial charge on any atom is 0.410 e. The minimum atomic E-state index is -0.583. The highest BCUT2D eigenvalue weighted by Crippen LogP contribution is 2.58. The molecule has 2 aliphatic heterocycles. The summed E-state index contributed by atoms with van der Waals surface area (Å²) in [6.07, 6.45) is 1.22. The first-order valence-corrected chi connectivity index (χ1v) is 10.6. The van der Waals surface area contributed by atoms with Gasteiger partial charge in [-0.3, -0.25) is 9.69 Å². The Kier molecular flexibility index (Phi) is 4.03. The number of amides is 1. The molecule has 1 aliphatic carbocycles.